The second-order valence-corrected chi connectivity index (χ2v) is 4.49. The van der Waals surface area contributed by atoms with Gasteiger partial charge < -0.3 is 5.11 Å². The average molecular weight is 309 g/mol. The monoisotopic (exact) mass is 308 g/mol. The molecule has 0 heterocycles. The number of aliphatic hydroxyl groups excluding tert-OH is 1. The molecular formula is C19H29ClO. The van der Waals surface area contributed by atoms with Crippen molar-refractivity contribution in [3.05, 3.63) is 66.2 Å². The molecule has 0 saturated carbocycles. The third-order valence-electron chi connectivity index (χ3n) is 2.73. The predicted octanol–water partition coefficient (Wildman–Crippen LogP) is 6.50. The maximum Gasteiger partial charge on any atom is 0.0790 e. The van der Waals surface area contributed by atoms with Crippen LogP contribution in [0.2, 0.25) is 0 Å². The molecule has 1 nitrogen and oxygen atoms in total. The molecule has 0 saturated heterocycles. The van der Waals surface area contributed by atoms with Crippen molar-refractivity contribution in [3.63, 3.8) is 0 Å². The highest BCUT2D eigenvalue weighted by atomic mass is 35.5. The van der Waals surface area contributed by atoms with E-state index in [1.165, 1.54) is 0 Å². The average Bonchev–Trinajstić information content (AvgIpc) is 2.52. The van der Waals surface area contributed by atoms with Gasteiger partial charge in [0.1, 0.15) is 0 Å². The second-order valence-electron chi connectivity index (χ2n) is 4.04. The molecule has 118 valence electrons. The van der Waals surface area contributed by atoms with Crippen molar-refractivity contribution in [2.45, 2.75) is 46.6 Å². The minimum absolute atomic E-state index is 0.401. The van der Waals surface area contributed by atoms with Crippen LogP contribution in [0.5, 0.6) is 0 Å². The van der Waals surface area contributed by atoms with Gasteiger partial charge in [0.25, 0.3) is 0 Å². The van der Waals surface area contributed by atoms with Gasteiger partial charge in [-0.1, -0.05) is 69.6 Å². The van der Waals surface area contributed by atoms with Gasteiger partial charge in [0.2, 0.25) is 0 Å². The van der Waals surface area contributed by atoms with Crippen LogP contribution in [0.25, 0.3) is 5.57 Å². The lowest BCUT2D eigenvalue weighted by Gasteiger charge is -2.12. The molecule has 0 amide bonds. The molecule has 1 aromatic carbocycles. The van der Waals surface area contributed by atoms with Crippen LogP contribution < -0.4 is 0 Å². The molecule has 0 radical (unpaired) electrons. The number of halogens is 1. The Morgan fingerprint density at radius 3 is 2.33 bits per heavy atom. The van der Waals surface area contributed by atoms with Crippen LogP contribution in [0.15, 0.2) is 55.1 Å². The Morgan fingerprint density at radius 1 is 1.33 bits per heavy atom. The molecule has 1 aromatic rings. The topological polar surface area (TPSA) is 20.2 Å². The molecule has 1 atom stereocenters. The number of rotatable bonds is 5. The summed E-state index contributed by atoms with van der Waals surface area (Å²) in [5, 5.41) is 10.5. The zero-order valence-corrected chi connectivity index (χ0v) is 14.6. The minimum Gasteiger partial charge on any atom is -0.388 e. The maximum absolute atomic E-state index is 9.96. The van der Waals surface area contributed by atoms with Crippen molar-refractivity contribution in [2.24, 2.45) is 0 Å². The first-order valence-corrected chi connectivity index (χ1v) is 7.77. The van der Waals surface area contributed by atoms with Crippen molar-refractivity contribution in [1.29, 1.82) is 0 Å². The lowest BCUT2D eigenvalue weighted by Crippen LogP contribution is -1.97. The highest BCUT2D eigenvalue weighted by Gasteiger charge is 2.09. The first kappa shape index (κ1) is 22.0. The van der Waals surface area contributed by atoms with Gasteiger partial charge in [0.15, 0.2) is 0 Å². The molecule has 0 aliphatic carbocycles. The van der Waals surface area contributed by atoms with Crippen molar-refractivity contribution in [2.75, 3.05) is 0 Å². The summed E-state index contributed by atoms with van der Waals surface area (Å²) in [5.41, 5.74) is 2.85. The van der Waals surface area contributed by atoms with E-state index in [0.29, 0.717) is 5.03 Å². The highest BCUT2D eigenvalue weighted by molar-refractivity contribution is 6.36. The quantitative estimate of drug-likeness (QED) is 0.486. The van der Waals surface area contributed by atoms with Gasteiger partial charge in [0, 0.05) is 5.03 Å². The lowest BCUT2D eigenvalue weighted by atomic mass is 9.98. The van der Waals surface area contributed by atoms with E-state index in [9.17, 15) is 5.11 Å². The highest BCUT2D eigenvalue weighted by Crippen LogP contribution is 2.27. The fourth-order valence-electron chi connectivity index (χ4n) is 1.83. The Kier molecular flexibility index (Phi) is 14.3. The number of hydrogen-bond acceptors (Lipinski definition) is 1. The van der Waals surface area contributed by atoms with Crippen LogP contribution in [-0.4, -0.2) is 5.11 Å². The summed E-state index contributed by atoms with van der Waals surface area (Å²) >= 11 is 5.95. The molecule has 1 unspecified atom stereocenters. The summed E-state index contributed by atoms with van der Waals surface area (Å²) in [4.78, 5) is 0. The van der Waals surface area contributed by atoms with E-state index in [2.05, 4.69) is 26.7 Å². The molecule has 0 aromatic heterocycles. The normalized spacial score (nSPS) is 11.4. The summed E-state index contributed by atoms with van der Waals surface area (Å²) in [5.74, 6) is 0. The van der Waals surface area contributed by atoms with Crippen LogP contribution in [0, 0.1) is 0 Å². The van der Waals surface area contributed by atoms with Gasteiger partial charge in [-0.05, 0) is 36.1 Å². The molecule has 0 fully saturated rings. The van der Waals surface area contributed by atoms with Gasteiger partial charge in [-0.2, -0.15) is 0 Å². The zero-order valence-electron chi connectivity index (χ0n) is 13.8. The molecule has 0 bridgehead atoms. The van der Waals surface area contributed by atoms with E-state index in [-0.39, 0.29) is 0 Å². The Bertz CT molecular complexity index is 435. The molecule has 0 spiro atoms. The van der Waals surface area contributed by atoms with Crippen molar-refractivity contribution in [1.82, 2.24) is 0 Å². The summed E-state index contributed by atoms with van der Waals surface area (Å²) in [6, 6.07) is 7.83. The third kappa shape index (κ3) is 7.89. The summed E-state index contributed by atoms with van der Waals surface area (Å²) in [6.07, 6.45) is 3.27. The minimum atomic E-state index is -0.401. The number of hydrogen-bond donors (Lipinski definition) is 1. The maximum atomic E-state index is 9.96. The zero-order chi connectivity index (χ0) is 16.8. The van der Waals surface area contributed by atoms with Gasteiger partial charge >= 0.3 is 0 Å². The van der Waals surface area contributed by atoms with Crippen LogP contribution in [-0.2, 0) is 0 Å². The van der Waals surface area contributed by atoms with Crippen LogP contribution >= 0.6 is 11.6 Å². The number of aliphatic hydroxyl groups is 1. The Morgan fingerprint density at radius 2 is 1.90 bits per heavy atom. The largest absolute Gasteiger partial charge is 0.388 e. The fraction of sp³-hybridized carbons (Fsp3) is 0.368. The molecule has 21 heavy (non-hydrogen) atoms. The molecule has 1 rings (SSSR count). The van der Waals surface area contributed by atoms with Gasteiger partial charge in [-0.25, -0.2) is 0 Å². The van der Waals surface area contributed by atoms with Crippen molar-refractivity contribution in [3.8, 4) is 0 Å². The SMILES string of the molecule is C=C.C=C(Cl)/C(=C\C)c1cccc(C(O)CCC)c1.CC. The van der Waals surface area contributed by atoms with Crippen molar-refractivity contribution < 1.29 is 5.11 Å². The molecule has 0 aliphatic heterocycles. The van der Waals surface area contributed by atoms with Gasteiger partial charge in [-0.15, -0.1) is 13.2 Å². The summed E-state index contributed by atoms with van der Waals surface area (Å²) < 4.78 is 0. The van der Waals surface area contributed by atoms with Gasteiger partial charge in [-0.3, -0.25) is 0 Å². The Balaban J connectivity index is 0. The molecule has 0 aliphatic rings. The van der Waals surface area contributed by atoms with Crippen molar-refractivity contribution >= 4 is 17.2 Å². The van der Waals surface area contributed by atoms with Crippen LogP contribution in [0.1, 0.15) is 57.8 Å². The second kappa shape index (κ2) is 13.7. The first-order chi connectivity index (χ1) is 10.1. The van der Waals surface area contributed by atoms with E-state index in [4.69, 9.17) is 11.6 Å². The van der Waals surface area contributed by atoms with E-state index < -0.39 is 6.10 Å². The molecule has 2 heteroatoms. The van der Waals surface area contributed by atoms with E-state index in [1.54, 1.807) is 0 Å². The third-order valence-corrected chi connectivity index (χ3v) is 2.93. The summed E-state index contributed by atoms with van der Waals surface area (Å²) in [7, 11) is 0. The van der Waals surface area contributed by atoms with Crippen LogP contribution in [0.4, 0.5) is 0 Å². The fourth-order valence-corrected chi connectivity index (χ4v) is 2.05. The molecular weight excluding hydrogens is 280 g/mol. The first-order valence-electron chi connectivity index (χ1n) is 7.39. The lowest BCUT2D eigenvalue weighted by molar-refractivity contribution is 0.166. The number of allylic oxidation sites excluding steroid dienone is 3. The van der Waals surface area contributed by atoms with E-state index in [0.717, 1.165) is 29.5 Å². The van der Waals surface area contributed by atoms with E-state index in [1.807, 2.05) is 51.1 Å². The summed E-state index contributed by atoms with van der Waals surface area (Å²) in [6.45, 7) is 17.7. The Hall–Kier alpha value is -1.31. The Labute approximate surface area is 135 Å². The standard InChI is InChI=1S/C15H19ClO.C2H6.C2H4/c1-4-7-15(17)13-9-6-8-12(10-13)14(5-2)11(3)16;2*1-2/h5-6,8-10,15,17H,3-4,7H2,1-2H3;1-2H3;1-2H2/b14-5+;;. The number of benzene rings is 1. The molecule has 1 N–H and O–H groups in total. The van der Waals surface area contributed by atoms with Gasteiger partial charge in [0.05, 0.1) is 6.10 Å². The predicted molar refractivity (Wildman–Crippen MR) is 97.6 cm³/mol. The van der Waals surface area contributed by atoms with E-state index >= 15 is 0 Å². The van der Waals surface area contributed by atoms with Crippen LogP contribution in [0.3, 0.4) is 0 Å². The smallest absolute Gasteiger partial charge is 0.0790 e.